The summed E-state index contributed by atoms with van der Waals surface area (Å²) in [6, 6.07) is 18.4. The number of anilines is 2. The number of halogens is 1. The molecule has 4 heteroatoms. The first kappa shape index (κ1) is 20.6. The van der Waals surface area contributed by atoms with Gasteiger partial charge < -0.3 is 4.90 Å². The molecule has 0 radical (unpaired) electrons. The summed E-state index contributed by atoms with van der Waals surface area (Å²) in [7, 11) is 1.78. The number of hydrogen-bond acceptors (Lipinski definition) is 3. The van der Waals surface area contributed by atoms with E-state index >= 15 is 0 Å². The Balaban J connectivity index is 2.02. The normalized spacial score (nSPS) is 11.6. The van der Waals surface area contributed by atoms with Crippen molar-refractivity contribution in [3.05, 3.63) is 108 Å². The van der Waals surface area contributed by atoms with Gasteiger partial charge in [0.15, 0.2) is 0 Å². The topological polar surface area (TPSA) is 28.5 Å². The van der Waals surface area contributed by atoms with Gasteiger partial charge in [-0.3, -0.25) is 9.98 Å². The highest BCUT2D eigenvalue weighted by Crippen LogP contribution is 2.32. The summed E-state index contributed by atoms with van der Waals surface area (Å²) < 4.78 is 0. The van der Waals surface area contributed by atoms with Gasteiger partial charge in [-0.05, 0) is 72.0 Å². The number of hydrogen-bond donors (Lipinski definition) is 0. The quantitative estimate of drug-likeness (QED) is 0.414. The molecule has 0 fully saturated rings. The van der Waals surface area contributed by atoms with Crippen molar-refractivity contribution in [3.8, 4) is 0 Å². The molecule has 146 valence electrons. The second-order valence-electron chi connectivity index (χ2n) is 6.66. The van der Waals surface area contributed by atoms with Crippen LogP contribution in [0.1, 0.15) is 16.7 Å². The van der Waals surface area contributed by atoms with Crippen LogP contribution in [0.4, 0.5) is 11.4 Å². The molecule has 2 aromatic carbocycles. The Bertz CT molecular complexity index is 1020. The number of aromatic nitrogens is 1. The van der Waals surface area contributed by atoms with Crippen molar-refractivity contribution >= 4 is 34.8 Å². The first-order valence-electron chi connectivity index (χ1n) is 9.41. The van der Waals surface area contributed by atoms with Crippen molar-refractivity contribution in [2.45, 2.75) is 13.3 Å². The molecule has 29 heavy (non-hydrogen) atoms. The standard InChI is InChI=1S/C25H24ClN3/c1-4-29(24-12-15-28-16-13-24)25-18-21(8-5-19(25)2)22(11-14-27-3)17-20-6-9-23(26)10-7-20/h4-16,18H,1,17H2,2-3H3/b22-11+,27-14-. The monoisotopic (exact) mass is 401 g/mol. The average molecular weight is 402 g/mol. The van der Waals surface area contributed by atoms with Gasteiger partial charge in [0.25, 0.3) is 0 Å². The minimum atomic E-state index is 0.742. The predicted molar refractivity (Wildman–Crippen MR) is 125 cm³/mol. The van der Waals surface area contributed by atoms with Gasteiger partial charge in [-0.2, -0.15) is 0 Å². The second-order valence-corrected chi connectivity index (χ2v) is 7.10. The van der Waals surface area contributed by atoms with Crippen molar-refractivity contribution < 1.29 is 0 Å². The maximum atomic E-state index is 6.04. The zero-order valence-electron chi connectivity index (χ0n) is 16.7. The van der Waals surface area contributed by atoms with Crippen molar-refractivity contribution in [1.29, 1.82) is 0 Å². The van der Waals surface area contributed by atoms with E-state index < -0.39 is 0 Å². The van der Waals surface area contributed by atoms with Crippen LogP contribution in [0.3, 0.4) is 0 Å². The Kier molecular flexibility index (Phi) is 6.99. The van der Waals surface area contributed by atoms with Gasteiger partial charge in [0, 0.05) is 48.3 Å². The molecule has 1 aromatic heterocycles. The van der Waals surface area contributed by atoms with Crippen LogP contribution in [0.25, 0.3) is 5.57 Å². The minimum Gasteiger partial charge on any atom is -0.317 e. The molecule has 3 aromatic rings. The third-order valence-corrected chi connectivity index (χ3v) is 4.95. The van der Waals surface area contributed by atoms with E-state index in [1.54, 1.807) is 19.4 Å². The third-order valence-electron chi connectivity index (χ3n) is 4.70. The molecule has 0 saturated heterocycles. The lowest BCUT2D eigenvalue weighted by Crippen LogP contribution is -2.10. The van der Waals surface area contributed by atoms with Crippen molar-refractivity contribution in [2.24, 2.45) is 4.99 Å². The van der Waals surface area contributed by atoms with Crippen LogP contribution in [0.2, 0.25) is 5.02 Å². The van der Waals surface area contributed by atoms with Crippen LogP contribution in [0, 0.1) is 6.92 Å². The molecule has 0 unspecified atom stereocenters. The second kappa shape index (κ2) is 9.85. The lowest BCUT2D eigenvalue weighted by atomic mass is 9.96. The molecule has 3 nitrogen and oxygen atoms in total. The maximum absolute atomic E-state index is 6.04. The molecular weight excluding hydrogens is 378 g/mol. The first-order chi connectivity index (χ1) is 14.1. The number of aliphatic imine (C=N–C) groups is 1. The van der Waals surface area contributed by atoms with E-state index in [2.05, 4.69) is 64.8 Å². The largest absolute Gasteiger partial charge is 0.317 e. The Morgan fingerprint density at radius 3 is 2.48 bits per heavy atom. The van der Waals surface area contributed by atoms with E-state index in [-0.39, 0.29) is 0 Å². The van der Waals surface area contributed by atoms with Crippen LogP contribution in [-0.4, -0.2) is 18.2 Å². The van der Waals surface area contributed by atoms with E-state index in [9.17, 15) is 0 Å². The summed E-state index contributed by atoms with van der Waals surface area (Å²) in [5, 5.41) is 0.742. The van der Waals surface area contributed by atoms with Crippen LogP contribution in [0.15, 0.2) is 90.8 Å². The smallest absolute Gasteiger partial charge is 0.0490 e. The van der Waals surface area contributed by atoms with Crippen LogP contribution < -0.4 is 4.90 Å². The van der Waals surface area contributed by atoms with E-state index in [0.29, 0.717) is 0 Å². The lowest BCUT2D eigenvalue weighted by molar-refractivity contribution is 1.21. The summed E-state index contributed by atoms with van der Waals surface area (Å²) in [5.41, 5.74) is 6.79. The fourth-order valence-electron chi connectivity index (χ4n) is 3.16. The fourth-order valence-corrected chi connectivity index (χ4v) is 3.29. The van der Waals surface area contributed by atoms with Crippen molar-refractivity contribution in [1.82, 2.24) is 4.98 Å². The molecule has 0 atom stereocenters. The van der Waals surface area contributed by atoms with Crippen molar-refractivity contribution in [3.63, 3.8) is 0 Å². The zero-order chi connectivity index (χ0) is 20.6. The summed E-state index contributed by atoms with van der Waals surface area (Å²) in [6.45, 7) is 6.12. The molecule has 0 amide bonds. The number of allylic oxidation sites excluding steroid dienone is 2. The number of rotatable bonds is 7. The Labute approximate surface area is 177 Å². The van der Waals surface area contributed by atoms with Gasteiger partial charge in [-0.25, -0.2) is 0 Å². The van der Waals surface area contributed by atoms with Gasteiger partial charge in [0.2, 0.25) is 0 Å². The molecule has 3 rings (SSSR count). The minimum absolute atomic E-state index is 0.742. The summed E-state index contributed by atoms with van der Waals surface area (Å²) in [6.07, 6.45) is 10.1. The molecule has 0 aliphatic carbocycles. The molecular formula is C25H24ClN3. The number of benzene rings is 2. The SMILES string of the molecule is C=CN(c1ccncc1)c1cc(/C(=C/C=N\C)Cc2ccc(Cl)cc2)ccc1C. The third kappa shape index (κ3) is 5.21. The van der Waals surface area contributed by atoms with Crippen molar-refractivity contribution in [2.75, 3.05) is 11.9 Å². The molecule has 0 spiro atoms. The van der Waals surface area contributed by atoms with Gasteiger partial charge in [-0.1, -0.05) is 42.4 Å². The highest BCUT2D eigenvalue weighted by atomic mass is 35.5. The average Bonchev–Trinajstić information content (AvgIpc) is 2.75. The zero-order valence-corrected chi connectivity index (χ0v) is 17.5. The first-order valence-corrected chi connectivity index (χ1v) is 9.78. The van der Waals surface area contributed by atoms with Crippen LogP contribution in [0.5, 0.6) is 0 Å². The Morgan fingerprint density at radius 2 is 1.83 bits per heavy atom. The molecule has 0 bridgehead atoms. The van der Waals surface area contributed by atoms with Crippen LogP contribution >= 0.6 is 11.6 Å². The summed E-state index contributed by atoms with van der Waals surface area (Å²) in [4.78, 5) is 10.3. The molecule has 0 N–H and O–H groups in total. The van der Waals surface area contributed by atoms with E-state index in [0.717, 1.165) is 28.4 Å². The molecule has 0 saturated carbocycles. The summed E-state index contributed by atoms with van der Waals surface area (Å²) in [5.74, 6) is 0. The van der Waals surface area contributed by atoms with E-state index in [4.69, 9.17) is 11.6 Å². The molecule has 1 heterocycles. The highest BCUT2D eigenvalue weighted by Gasteiger charge is 2.12. The number of pyridine rings is 1. The van der Waals surface area contributed by atoms with Gasteiger partial charge >= 0.3 is 0 Å². The predicted octanol–water partition coefficient (Wildman–Crippen LogP) is 6.65. The fraction of sp³-hybridized carbons (Fsp3) is 0.120. The number of nitrogens with zero attached hydrogens (tertiary/aromatic N) is 3. The molecule has 0 aliphatic heterocycles. The van der Waals surface area contributed by atoms with E-state index in [1.165, 1.54) is 16.7 Å². The Morgan fingerprint density at radius 1 is 1.10 bits per heavy atom. The Hall–Kier alpha value is -3.17. The summed E-state index contributed by atoms with van der Waals surface area (Å²) >= 11 is 6.04. The number of aryl methyl sites for hydroxylation is 1. The highest BCUT2D eigenvalue weighted by molar-refractivity contribution is 6.30. The van der Waals surface area contributed by atoms with E-state index in [1.807, 2.05) is 36.7 Å². The van der Waals surface area contributed by atoms with Gasteiger partial charge in [0.05, 0.1) is 0 Å². The molecule has 0 aliphatic rings. The van der Waals surface area contributed by atoms with Gasteiger partial charge in [-0.15, -0.1) is 0 Å². The van der Waals surface area contributed by atoms with Crippen LogP contribution in [-0.2, 0) is 6.42 Å². The van der Waals surface area contributed by atoms with Gasteiger partial charge in [0.1, 0.15) is 0 Å². The maximum Gasteiger partial charge on any atom is 0.0490 e. The lowest BCUT2D eigenvalue weighted by Gasteiger charge is -2.23.